The summed E-state index contributed by atoms with van der Waals surface area (Å²) in [5.74, 6) is -0.673. The van der Waals surface area contributed by atoms with Crippen LogP contribution in [0.25, 0.3) is 0 Å². The van der Waals surface area contributed by atoms with Gasteiger partial charge in [0, 0.05) is 21.3 Å². The Morgan fingerprint density at radius 1 is 1.40 bits per heavy atom. The standard InChI is InChI=1S/C16H25NO2S/c1-12-7-8-14(20-12)13(2)17(3)16(11-15(18)19)9-5-4-6-10-16/h7-8,13H,4-6,9-11H2,1-3H3,(H,18,19). The molecule has 20 heavy (non-hydrogen) atoms. The van der Waals surface area contributed by atoms with Crippen LogP contribution in [0.4, 0.5) is 0 Å². The average Bonchev–Trinajstić information content (AvgIpc) is 2.84. The molecular formula is C16H25NO2S. The molecule has 1 aromatic rings. The van der Waals surface area contributed by atoms with E-state index in [1.807, 2.05) is 11.3 Å². The van der Waals surface area contributed by atoms with Crippen molar-refractivity contribution in [2.75, 3.05) is 7.05 Å². The van der Waals surface area contributed by atoms with Gasteiger partial charge in [0.15, 0.2) is 0 Å². The third-order valence-corrected chi connectivity index (χ3v) is 5.94. The zero-order valence-corrected chi connectivity index (χ0v) is 13.5. The summed E-state index contributed by atoms with van der Waals surface area (Å²) in [6.07, 6.45) is 5.80. The highest BCUT2D eigenvalue weighted by Gasteiger charge is 2.40. The third kappa shape index (κ3) is 3.23. The van der Waals surface area contributed by atoms with Crippen LogP contribution in [0.5, 0.6) is 0 Å². The Bertz CT molecular complexity index is 463. The van der Waals surface area contributed by atoms with Gasteiger partial charge in [0.05, 0.1) is 6.42 Å². The number of rotatable bonds is 5. The summed E-state index contributed by atoms with van der Waals surface area (Å²) in [5, 5.41) is 9.31. The summed E-state index contributed by atoms with van der Waals surface area (Å²) >= 11 is 1.82. The van der Waals surface area contributed by atoms with E-state index in [1.165, 1.54) is 16.2 Å². The van der Waals surface area contributed by atoms with Crippen LogP contribution in [0.2, 0.25) is 0 Å². The molecule has 1 atom stereocenters. The number of carboxylic acid groups (broad SMARTS) is 1. The Morgan fingerprint density at radius 3 is 2.55 bits per heavy atom. The second-order valence-electron chi connectivity index (χ2n) is 6.09. The smallest absolute Gasteiger partial charge is 0.305 e. The molecule has 0 amide bonds. The van der Waals surface area contributed by atoms with Gasteiger partial charge in [0.25, 0.3) is 0 Å². The fourth-order valence-corrected chi connectivity index (χ4v) is 4.40. The Kier molecular flexibility index (Phi) is 4.86. The number of hydrogen-bond donors (Lipinski definition) is 1. The SMILES string of the molecule is Cc1ccc(C(C)N(C)C2(CC(=O)O)CCCCC2)s1. The molecule has 1 saturated carbocycles. The second-order valence-corrected chi connectivity index (χ2v) is 7.41. The van der Waals surface area contributed by atoms with E-state index in [1.54, 1.807) is 0 Å². The van der Waals surface area contributed by atoms with E-state index >= 15 is 0 Å². The summed E-state index contributed by atoms with van der Waals surface area (Å²) < 4.78 is 0. The highest BCUT2D eigenvalue weighted by atomic mass is 32.1. The summed E-state index contributed by atoms with van der Waals surface area (Å²) in [7, 11) is 2.11. The molecule has 2 rings (SSSR count). The van der Waals surface area contributed by atoms with Gasteiger partial charge in [-0.05, 0) is 45.9 Å². The van der Waals surface area contributed by atoms with E-state index in [-0.39, 0.29) is 18.0 Å². The molecule has 0 aliphatic heterocycles. The van der Waals surface area contributed by atoms with Gasteiger partial charge < -0.3 is 5.11 Å². The van der Waals surface area contributed by atoms with Crippen molar-refractivity contribution in [3.63, 3.8) is 0 Å². The molecule has 1 aliphatic carbocycles. The van der Waals surface area contributed by atoms with Crippen molar-refractivity contribution in [2.24, 2.45) is 0 Å². The van der Waals surface area contributed by atoms with Gasteiger partial charge >= 0.3 is 5.97 Å². The number of aliphatic carboxylic acids is 1. The minimum absolute atomic E-state index is 0.165. The maximum atomic E-state index is 11.3. The lowest BCUT2D eigenvalue weighted by Gasteiger charge is -2.46. The first kappa shape index (κ1) is 15.5. The minimum Gasteiger partial charge on any atom is -0.481 e. The molecule has 0 radical (unpaired) electrons. The van der Waals surface area contributed by atoms with Crippen molar-refractivity contribution in [3.05, 3.63) is 21.9 Å². The van der Waals surface area contributed by atoms with Gasteiger partial charge in [-0.1, -0.05) is 19.3 Å². The summed E-state index contributed by atoms with van der Waals surface area (Å²) in [6, 6.07) is 4.61. The van der Waals surface area contributed by atoms with Crippen molar-refractivity contribution in [1.82, 2.24) is 4.90 Å². The quantitative estimate of drug-likeness (QED) is 0.884. The molecule has 0 saturated heterocycles. The van der Waals surface area contributed by atoms with E-state index in [0.717, 1.165) is 25.7 Å². The van der Waals surface area contributed by atoms with Crippen molar-refractivity contribution >= 4 is 17.3 Å². The second kappa shape index (κ2) is 6.27. The highest BCUT2D eigenvalue weighted by Crippen LogP contribution is 2.41. The predicted octanol–water partition coefficient (Wildman–Crippen LogP) is 4.23. The van der Waals surface area contributed by atoms with E-state index in [9.17, 15) is 9.90 Å². The van der Waals surface area contributed by atoms with Crippen molar-refractivity contribution < 1.29 is 9.90 Å². The van der Waals surface area contributed by atoms with Gasteiger partial charge in [0.1, 0.15) is 0 Å². The first-order valence-corrected chi connectivity index (χ1v) is 8.27. The topological polar surface area (TPSA) is 40.5 Å². The Hall–Kier alpha value is -0.870. The van der Waals surface area contributed by atoms with Crippen molar-refractivity contribution in [1.29, 1.82) is 0 Å². The maximum absolute atomic E-state index is 11.3. The Balaban J connectivity index is 2.21. The zero-order chi connectivity index (χ0) is 14.8. The number of hydrogen-bond acceptors (Lipinski definition) is 3. The molecule has 1 unspecified atom stereocenters. The van der Waals surface area contributed by atoms with Crippen molar-refractivity contribution in [2.45, 2.75) is 64.0 Å². The molecule has 0 aromatic carbocycles. The molecule has 1 aromatic heterocycles. The molecule has 0 spiro atoms. The van der Waals surface area contributed by atoms with E-state index < -0.39 is 5.97 Å². The number of aryl methyl sites for hydroxylation is 1. The molecule has 0 bridgehead atoms. The van der Waals surface area contributed by atoms with Gasteiger partial charge in [-0.2, -0.15) is 0 Å². The molecule has 1 heterocycles. The number of carbonyl (C=O) groups is 1. The van der Waals surface area contributed by atoms with Crippen LogP contribution in [0.3, 0.4) is 0 Å². The molecule has 1 aliphatic rings. The Labute approximate surface area is 125 Å². The lowest BCUT2D eigenvalue weighted by atomic mass is 9.77. The fourth-order valence-electron chi connectivity index (χ4n) is 3.43. The van der Waals surface area contributed by atoms with Crippen LogP contribution in [0, 0.1) is 6.92 Å². The van der Waals surface area contributed by atoms with E-state index in [2.05, 4.69) is 37.9 Å². The Morgan fingerprint density at radius 2 is 2.05 bits per heavy atom. The molecule has 4 heteroatoms. The van der Waals surface area contributed by atoms with Gasteiger partial charge in [-0.3, -0.25) is 9.69 Å². The minimum atomic E-state index is -0.673. The molecular weight excluding hydrogens is 270 g/mol. The normalized spacial score (nSPS) is 20.0. The van der Waals surface area contributed by atoms with Crippen LogP contribution in [0.15, 0.2) is 12.1 Å². The number of thiophene rings is 1. The first-order chi connectivity index (χ1) is 9.44. The molecule has 112 valence electrons. The zero-order valence-electron chi connectivity index (χ0n) is 12.7. The monoisotopic (exact) mass is 295 g/mol. The summed E-state index contributed by atoms with van der Waals surface area (Å²) in [6.45, 7) is 4.32. The van der Waals surface area contributed by atoms with E-state index in [0.29, 0.717) is 0 Å². The van der Waals surface area contributed by atoms with Crippen LogP contribution in [0.1, 0.15) is 61.2 Å². The lowest BCUT2D eigenvalue weighted by molar-refractivity contribution is -0.141. The average molecular weight is 295 g/mol. The largest absolute Gasteiger partial charge is 0.481 e. The van der Waals surface area contributed by atoms with Crippen molar-refractivity contribution in [3.8, 4) is 0 Å². The van der Waals surface area contributed by atoms with Crippen LogP contribution >= 0.6 is 11.3 Å². The van der Waals surface area contributed by atoms with Crippen LogP contribution < -0.4 is 0 Å². The number of nitrogens with zero attached hydrogens (tertiary/aromatic N) is 1. The van der Waals surface area contributed by atoms with Crippen LogP contribution in [-0.2, 0) is 4.79 Å². The summed E-state index contributed by atoms with van der Waals surface area (Å²) in [4.78, 5) is 16.3. The van der Waals surface area contributed by atoms with Gasteiger partial charge in [-0.25, -0.2) is 0 Å². The predicted molar refractivity (Wildman–Crippen MR) is 83.3 cm³/mol. The van der Waals surface area contributed by atoms with Crippen LogP contribution in [-0.4, -0.2) is 28.6 Å². The molecule has 1 N–H and O–H groups in total. The molecule has 1 fully saturated rings. The van der Waals surface area contributed by atoms with E-state index in [4.69, 9.17) is 0 Å². The first-order valence-electron chi connectivity index (χ1n) is 7.46. The maximum Gasteiger partial charge on any atom is 0.305 e. The van der Waals surface area contributed by atoms with Gasteiger partial charge in [0.2, 0.25) is 0 Å². The summed E-state index contributed by atoms with van der Waals surface area (Å²) in [5.41, 5.74) is -0.165. The van der Waals surface area contributed by atoms with Gasteiger partial charge in [-0.15, -0.1) is 11.3 Å². The number of carboxylic acids is 1. The third-order valence-electron chi connectivity index (χ3n) is 4.77. The fraction of sp³-hybridized carbons (Fsp3) is 0.688. The lowest BCUT2D eigenvalue weighted by Crippen LogP contribution is -2.50. The highest BCUT2D eigenvalue weighted by molar-refractivity contribution is 7.12. The molecule has 3 nitrogen and oxygen atoms in total.